The number of amides is 1. The molecule has 3 fully saturated rings. The van der Waals surface area contributed by atoms with E-state index in [0.29, 0.717) is 28.0 Å². The molecule has 35 heavy (non-hydrogen) atoms. The van der Waals surface area contributed by atoms with Gasteiger partial charge in [0.1, 0.15) is 6.54 Å². The number of fused-ring (bicyclic) bond motifs is 3. The highest BCUT2D eigenvalue weighted by Gasteiger charge is 2.51. The Morgan fingerprint density at radius 2 is 1.63 bits per heavy atom. The van der Waals surface area contributed by atoms with Gasteiger partial charge >= 0.3 is 5.97 Å². The Morgan fingerprint density at radius 1 is 1.00 bits per heavy atom. The second-order valence-electron chi connectivity index (χ2n) is 9.49. The summed E-state index contributed by atoms with van der Waals surface area (Å²) in [5.74, 6) is -0.184. The Balaban J connectivity index is 1.34. The molecule has 1 atom stereocenters. The van der Waals surface area contributed by atoms with E-state index in [1.165, 1.54) is 12.4 Å². The van der Waals surface area contributed by atoms with Crippen LogP contribution in [0.1, 0.15) is 24.0 Å². The number of nitrogens with one attached hydrogen (secondary N) is 1. The van der Waals surface area contributed by atoms with Gasteiger partial charge in [0.2, 0.25) is 5.60 Å². The summed E-state index contributed by atoms with van der Waals surface area (Å²) in [6, 6.07) is 17.8. The summed E-state index contributed by atoms with van der Waals surface area (Å²) in [5, 5.41) is 14.6. The van der Waals surface area contributed by atoms with E-state index in [0.717, 1.165) is 25.9 Å². The molecule has 4 heterocycles. The van der Waals surface area contributed by atoms with E-state index >= 15 is 0 Å². The zero-order valence-corrected chi connectivity index (χ0v) is 19.4. The summed E-state index contributed by atoms with van der Waals surface area (Å²) < 4.78 is 6.62. The first kappa shape index (κ1) is 23.1. The van der Waals surface area contributed by atoms with E-state index < -0.39 is 11.6 Å². The van der Waals surface area contributed by atoms with E-state index in [-0.39, 0.29) is 24.5 Å². The molecule has 8 heteroatoms. The molecule has 180 valence electrons. The molecule has 1 aromatic heterocycles. The number of carbonyl (C=O) groups excluding carboxylic acids is 2. The van der Waals surface area contributed by atoms with Gasteiger partial charge in [-0.15, -0.1) is 0 Å². The Labute approximate surface area is 204 Å². The maximum absolute atomic E-state index is 13.6. The molecule has 0 spiro atoms. The average Bonchev–Trinajstić information content (AvgIpc) is 2.90. The zero-order valence-electron chi connectivity index (χ0n) is 19.4. The minimum absolute atomic E-state index is 0.138. The number of piperidine rings is 3. The SMILES string of the molecule is O=C(C[N+]12CCC(CC1)[C@@H](OC(=O)C(O)(c1ccccc1)c1ccccc1)C2)Nc1cnccn1. The van der Waals surface area contributed by atoms with Crippen LogP contribution in [0.4, 0.5) is 5.82 Å². The Hall–Kier alpha value is -3.62. The summed E-state index contributed by atoms with van der Waals surface area (Å²) >= 11 is 0. The predicted octanol–water partition coefficient (Wildman–Crippen LogP) is 2.50. The van der Waals surface area contributed by atoms with Gasteiger partial charge in [-0.3, -0.25) is 9.78 Å². The van der Waals surface area contributed by atoms with Crippen molar-refractivity contribution in [3.05, 3.63) is 90.4 Å². The van der Waals surface area contributed by atoms with Gasteiger partial charge in [0, 0.05) is 31.2 Å². The fraction of sp³-hybridized carbons (Fsp3) is 0.333. The Kier molecular flexibility index (Phi) is 6.32. The Morgan fingerprint density at radius 3 is 2.20 bits per heavy atom. The van der Waals surface area contributed by atoms with E-state index in [1.807, 2.05) is 12.1 Å². The van der Waals surface area contributed by atoms with Crippen LogP contribution in [0.2, 0.25) is 0 Å². The molecular formula is C27H29N4O4+. The third-order valence-electron chi connectivity index (χ3n) is 7.29. The standard InChI is InChI=1S/C27H28N4O4/c32-25(30-24-17-28-13-14-29-24)19-31-15-11-20(12-16-31)23(18-31)35-26(33)27(34,21-7-3-1-4-8-21)22-9-5-2-6-10-22/h1-10,13-14,17,20,23,34H,11-12,15-16,18-19H2/p+1/t20?,23-,31?/m0/s1. The predicted molar refractivity (Wildman–Crippen MR) is 129 cm³/mol. The number of rotatable bonds is 7. The van der Waals surface area contributed by atoms with Crippen LogP contribution in [-0.2, 0) is 19.9 Å². The molecule has 0 saturated carbocycles. The maximum atomic E-state index is 13.6. The van der Waals surface area contributed by atoms with Crippen molar-refractivity contribution >= 4 is 17.7 Å². The summed E-state index contributed by atoms with van der Waals surface area (Å²) in [6.07, 6.45) is 5.96. The number of carbonyl (C=O) groups is 2. The van der Waals surface area contributed by atoms with E-state index in [1.54, 1.807) is 54.7 Å². The van der Waals surface area contributed by atoms with Crippen molar-refractivity contribution in [3.63, 3.8) is 0 Å². The number of benzene rings is 2. The van der Waals surface area contributed by atoms with Crippen LogP contribution >= 0.6 is 0 Å². The number of esters is 1. The largest absolute Gasteiger partial charge is 0.453 e. The van der Waals surface area contributed by atoms with Crippen molar-refractivity contribution in [2.45, 2.75) is 24.5 Å². The van der Waals surface area contributed by atoms with Gasteiger partial charge < -0.3 is 19.6 Å². The number of aromatic nitrogens is 2. The molecular weight excluding hydrogens is 444 g/mol. The van der Waals surface area contributed by atoms with Crippen molar-refractivity contribution in [2.75, 3.05) is 31.5 Å². The Bertz CT molecular complexity index is 1130. The monoisotopic (exact) mass is 473 g/mol. The summed E-state index contributed by atoms with van der Waals surface area (Å²) in [6.45, 7) is 2.53. The number of hydrogen-bond donors (Lipinski definition) is 2. The highest BCUT2D eigenvalue weighted by molar-refractivity contribution is 5.90. The van der Waals surface area contributed by atoms with Crippen LogP contribution in [0.15, 0.2) is 79.3 Å². The molecule has 6 rings (SSSR count). The molecule has 3 aromatic rings. The quantitative estimate of drug-likeness (QED) is 0.404. The lowest BCUT2D eigenvalue weighted by Crippen LogP contribution is -2.66. The molecule has 3 aliphatic rings. The lowest BCUT2D eigenvalue weighted by Gasteiger charge is -2.51. The normalized spacial score (nSPS) is 23.5. The molecule has 0 aliphatic carbocycles. The average molecular weight is 474 g/mol. The van der Waals surface area contributed by atoms with Crippen LogP contribution < -0.4 is 5.32 Å². The molecule has 2 aromatic carbocycles. The molecule has 8 nitrogen and oxygen atoms in total. The number of aliphatic hydroxyl groups is 1. The number of nitrogens with zero attached hydrogens (tertiary/aromatic N) is 3. The van der Waals surface area contributed by atoms with Crippen LogP contribution in [0, 0.1) is 5.92 Å². The van der Waals surface area contributed by atoms with Gasteiger partial charge in [-0.2, -0.15) is 0 Å². The molecule has 3 saturated heterocycles. The summed E-state index contributed by atoms with van der Waals surface area (Å²) in [5.41, 5.74) is -0.989. The number of quaternary nitrogens is 1. The third kappa shape index (κ3) is 4.67. The molecule has 2 N–H and O–H groups in total. The summed E-state index contributed by atoms with van der Waals surface area (Å²) in [7, 11) is 0. The van der Waals surface area contributed by atoms with Crippen LogP contribution in [-0.4, -0.2) is 63.7 Å². The van der Waals surface area contributed by atoms with E-state index in [9.17, 15) is 14.7 Å². The third-order valence-corrected chi connectivity index (χ3v) is 7.29. The maximum Gasteiger partial charge on any atom is 0.348 e. The van der Waals surface area contributed by atoms with E-state index in [4.69, 9.17) is 4.74 Å². The second-order valence-corrected chi connectivity index (χ2v) is 9.49. The second kappa shape index (κ2) is 9.56. The zero-order chi connectivity index (χ0) is 24.3. The van der Waals surface area contributed by atoms with Crippen LogP contribution in [0.3, 0.4) is 0 Å². The van der Waals surface area contributed by atoms with Gasteiger partial charge in [-0.25, -0.2) is 9.78 Å². The molecule has 3 aliphatic heterocycles. The number of anilines is 1. The molecule has 0 radical (unpaired) electrons. The van der Waals surface area contributed by atoms with Crippen molar-refractivity contribution in [3.8, 4) is 0 Å². The first-order valence-corrected chi connectivity index (χ1v) is 11.9. The fourth-order valence-corrected chi connectivity index (χ4v) is 5.41. The minimum Gasteiger partial charge on any atom is -0.453 e. The topological polar surface area (TPSA) is 101 Å². The fourth-order valence-electron chi connectivity index (χ4n) is 5.41. The molecule has 0 unspecified atom stereocenters. The summed E-state index contributed by atoms with van der Waals surface area (Å²) in [4.78, 5) is 34.5. The highest BCUT2D eigenvalue weighted by atomic mass is 16.6. The first-order chi connectivity index (χ1) is 17.0. The van der Waals surface area contributed by atoms with Crippen molar-refractivity contribution in [2.24, 2.45) is 5.92 Å². The molecule has 2 bridgehead atoms. The van der Waals surface area contributed by atoms with Crippen molar-refractivity contribution in [1.29, 1.82) is 0 Å². The smallest absolute Gasteiger partial charge is 0.348 e. The first-order valence-electron chi connectivity index (χ1n) is 11.9. The van der Waals surface area contributed by atoms with Gasteiger partial charge in [-0.05, 0) is 11.1 Å². The van der Waals surface area contributed by atoms with Crippen molar-refractivity contribution in [1.82, 2.24) is 9.97 Å². The van der Waals surface area contributed by atoms with Crippen molar-refractivity contribution < 1.29 is 23.9 Å². The van der Waals surface area contributed by atoms with Crippen LogP contribution in [0.25, 0.3) is 0 Å². The minimum atomic E-state index is -1.91. The van der Waals surface area contributed by atoms with Gasteiger partial charge in [0.25, 0.3) is 5.91 Å². The number of ether oxygens (including phenoxy) is 1. The van der Waals surface area contributed by atoms with Gasteiger partial charge in [0.15, 0.2) is 18.5 Å². The van der Waals surface area contributed by atoms with Crippen LogP contribution in [0.5, 0.6) is 0 Å². The lowest BCUT2D eigenvalue weighted by molar-refractivity contribution is -0.939. The lowest BCUT2D eigenvalue weighted by atomic mass is 9.82. The molecule has 1 amide bonds. The number of hydrogen-bond acceptors (Lipinski definition) is 6. The van der Waals surface area contributed by atoms with Gasteiger partial charge in [-0.1, -0.05) is 60.7 Å². The van der Waals surface area contributed by atoms with Gasteiger partial charge in [0.05, 0.1) is 19.3 Å². The van der Waals surface area contributed by atoms with E-state index in [2.05, 4.69) is 15.3 Å². The highest BCUT2D eigenvalue weighted by Crippen LogP contribution is 2.38.